The molecule has 0 spiro atoms. The van der Waals surface area contributed by atoms with Gasteiger partial charge in [-0.3, -0.25) is 0 Å². The van der Waals surface area contributed by atoms with Gasteiger partial charge < -0.3 is 14.6 Å². The average Bonchev–Trinajstić information content (AvgIpc) is 2.63. The van der Waals surface area contributed by atoms with E-state index < -0.39 is 0 Å². The van der Waals surface area contributed by atoms with Crippen LogP contribution in [-0.4, -0.2) is 41.7 Å². The molecule has 0 amide bonds. The summed E-state index contributed by atoms with van der Waals surface area (Å²) in [6, 6.07) is 0. The standard InChI is InChI=1S/C10H18ClN3O/c1-14-7-5-13-10(14)2-4-12-6-9-15-8-3-11/h5,7,12H,2-4,6,8-9H2,1H3. The molecule has 86 valence electrons. The Morgan fingerprint density at radius 3 is 3.00 bits per heavy atom. The summed E-state index contributed by atoms with van der Waals surface area (Å²) in [5.41, 5.74) is 0. The van der Waals surface area contributed by atoms with Gasteiger partial charge in [-0.15, -0.1) is 11.6 Å². The minimum atomic E-state index is 0.563. The molecular formula is C10H18ClN3O. The number of hydrogen-bond donors (Lipinski definition) is 1. The second-order valence-corrected chi connectivity index (χ2v) is 3.63. The second-order valence-electron chi connectivity index (χ2n) is 3.26. The van der Waals surface area contributed by atoms with E-state index in [1.54, 1.807) is 0 Å². The van der Waals surface area contributed by atoms with E-state index in [0.29, 0.717) is 19.1 Å². The van der Waals surface area contributed by atoms with Crippen molar-refractivity contribution in [3.63, 3.8) is 0 Å². The highest BCUT2D eigenvalue weighted by atomic mass is 35.5. The van der Waals surface area contributed by atoms with Crippen LogP contribution in [0.15, 0.2) is 12.4 Å². The van der Waals surface area contributed by atoms with Crippen molar-refractivity contribution in [1.82, 2.24) is 14.9 Å². The molecule has 0 atom stereocenters. The average molecular weight is 232 g/mol. The van der Waals surface area contributed by atoms with E-state index >= 15 is 0 Å². The van der Waals surface area contributed by atoms with Crippen LogP contribution in [0.3, 0.4) is 0 Å². The number of alkyl halides is 1. The monoisotopic (exact) mass is 231 g/mol. The fourth-order valence-electron chi connectivity index (χ4n) is 1.26. The van der Waals surface area contributed by atoms with Gasteiger partial charge in [0.1, 0.15) is 5.82 Å². The first kappa shape index (κ1) is 12.5. The molecule has 0 aromatic carbocycles. The minimum Gasteiger partial charge on any atom is -0.379 e. The van der Waals surface area contributed by atoms with Crippen molar-refractivity contribution in [1.29, 1.82) is 0 Å². The van der Waals surface area contributed by atoms with Gasteiger partial charge in [-0.1, -0.05) is 0 Å². The zero-order valence-corrected chi connectivity index (χ0v) is 9.83. The summed E-state index contributed by atoms with van der Waals surface area (Å²) in [6.07, 6.45) is 4.72. The second kappa shape index (κ2) is 7.68. The molecule has 0 bridgehead atoms. The van der Waals surface area contributed by atoms with Crippen molar-refractivity contribution < 1.29 is 4.74 Å². The van der Waals surface area contributed by atoms with Gasteiger partial charge in [0, 0.05) is 44.8 Å². The Balaban J connectivity index is 1.96. The Bertz CT molecular complexity index is 265. The number of ether oxygens (including phenoxy) is 1. The Hall–Kier alpha value is -0.580. The molecule has 1 rings (SSSR count). The lowest BCUT2D eigenvalue weighted by Gasteiger charge is -2.05. The van der Waals surface area contributed by atoms with E-state index in [9.17, 15) is 0 Å². The predicted octanol–water partition coefficient (Wildman–Crippen LogP) is 0.808. The molecule has 0 radical (unpaired) electrons. The minimum absolute atomic E-state index is 0.563. The highest BCUT2D eigenvalue weighted by molar-refractivity contribution is 6.17. The van der Waals surface area contributed by atoms with E-state index in [1.807, 2.05) is 24.0 Å². The summed E-state index contributed by atoms with van der Waals surface area (Å²) < 4.78 is 7.26. The third-order valence-electron chi connectivity index (χ3n) is 2.09. The summed E-state index contributed by atoms with van der Waals surface area (Å²) in [5.74, 6) is 1.66. The van der Waals surface area contributed by atoms with Crippen LogP contribution >= 0.6 is 11.6 Å². The van der Waals surface area contributed by atoms with E-state index in [1.165, 1.54) is 0 Å². The van der Waals surface area contributed by atoms with Crippen LogP contribution in [0, 0.1) is 0 Å². The Labute approximate surface area is 95.6 Å². The predicted molar refractivity (Wildman–Crippen MR) is 61.3 cm³/mol. The van der Waals surface area contributed by atoms with Gasteiger partial charge in [0.25, 0.3) is 0 Å². The first-order valence-corrected chi connectivity index (χ1v) is 5.68. The number of hydrogen-bond acceptors (Lipinski definition) is 3. The SMILES string of the molecule is Cn1ccnc1CCNCCOCCCl. The lowest BCUT2D eigenvalue weighted by Crippen LogP contribution is -2.23. The molecule has 1 aromatic heterocycles. The summed E-state index contributed by atoms with van der Waals surface area (Å²) in [4.78, 5) is 4.24. The molecule has 0 saturated heterocycles. The lowest BCUT2D eigenvalue weighted by atomic mass is 10.4. The van der Waals surface area contributed by atoms with Crippen LogP contribution in [0.25, 0.3) is 0 Å². The third-order valence-corrected chi connectivity index (χ3v) is 2.25. The molecule has 0 aliphatic carbocycles. The summed E-state index contributed by atoms with van der Waals surface area (Å²) >= 11 is 5.47. The number of aromatic nitrogens is 2. The third kappa shape index (κ3) is 5.16. The number of rotatable bonds is 8. The van der Waals surface area contributed by atoms with Crippen LogP contribution < -0.4 is 5.32 Å². The molecule has 0 unspecified atom stereocenters. The first-order valence-electron chi connectivity index (χ1n) is 5.15. The van der Waals surface area contributed by atoms with Crippen molar-refractivity contribution in [2.24, 2.45) is 7.05 Å². The Morgan fingerprint density at radius 2 is 2.33 bits per heavy atom. The van der Waals surface area contributed by atoms with E-state index in [-0.39, 0.29) is 0 Å². The Kier molecular flexibility index (Phi) is 6.39. The van der Waals surface area contributed by atoms with Gasteiger partial charge in [-0.2, -0.15) is 0 Å². The van der Waals surface area contributed by atoms with Gasteiger partial charge >= 0.3 is 0 Å². The lowest BCUT2D eigenvalue weighted by molar-refractivity contribution is 0.151. The van der Waals surface area contributed by atoms with Gasteiger partial charge in [0.05, 0.1) is 13.2 Å². The van der Waals surface area contributed by atoms with Crippen molar-refractivity contribution in [2.75, 3.05) is 32.2 Å². The summed E-state index contributed by atoms with van der Waals surface area (Å²) in [7, 11) is 2.01. The maximum absolute atomic E-state index is 5.47. The fraction of sp³-hybridized carbons (Fsp3) is 0.700. The molecule has 1 N–H and O–H groups in total. The first-order chi connectivity index (χ1) is 7.34. The van der Waals surface area contributed by atoms with Crippen molar-refractivity contribution >= 4 is 11.6 Å². The molecule has 0 saturated carbocycles. The fourth-order valence-corrected chi connectivity index (χ4v) is 1.37. The van der Waals surface area contributed by atoms with Gasteiger partial charge in [0.15, 0.2) is 0 Å². The molecule has 0 aliphatic heterocycles. The maximum atomic E-state index is 5.47. The largest absolute Gasteiger partial charge is 0.379 e. The zero-order valence-electron chi connectivity index (χ0n) is 9.08. The number of nitrogens with one attached hydrogen (secondary N) is 1. The molecule has 0 aliphatic rings. The van der Waals surface area contributed by atoms with E-state index in [4.69, 9.17) is 16.3 Å². The maximum Gasteiger partial charge on any atom is 0.109 e. The van der Waals surface area contributed by atoms with Crippen LogP contribution in [0.4, 0.5) is 0 Å². The smallest absolute Gasteiger partial charge is 0.109 e. The van der Waals surface area contributed by atoms with Gasteiger partial charge in [0.2, 0.25) is 0 Å². The normalized spacial score (nSPS) is 10.8. The van der Waals surface area contributed by atoms with Crippen molar-refractivity contribution in [2.45, 2.75) is 6.42 Å². The highest BCUT2D eigenvalue weighted by Gasteiger charge is 1.97. The number of nitrogens with zero attached hydrogens (tertiary/aromatic N) is 2. The zero-order chi connectivity index (χ0) is 10.9. The molecule has 15 heavy (non-hydrogen) atoms. The molecular weight excluding hydrogens is 214 g/mol. The topological polar surface area (TPSA) is 39.1 Å². The van der Waals surface area contributed by atoms with E-state index in [0.717, 1.165) is 25.3 Å². The van der Waals surface area contributed by atoms with Crippen molar-refractivity contribution in [3.05, 3.63) is 18.2 Å². The Morgan fingerprint density at radius 1 is 1.47 bits per heavy atom. The number of halogens is 1. The van der Waals surface area contributed by atoms with Crippen LogP contribution in [0.2, 0.25) is 0 Å². The molecule has 1 heterocycles. The van der Waals surface area contributed by atoms with Crippen LogP contribution in [0.5, 0.6) is 0 Å². The van der Waals surface area contributed by atoms with E-state index in [2.05, 4.69) is 10.3 Å². The highest BCUT2D eigenvalue weighted by Crippen LogP contribution is 1.93. The van der Waals surface area contributed by atoms with Crippen molar-refractivity contribution in [3.8, 4) is 0 Å². The van der Waals surface area contributed by atoms with Gasteiger partial charge in [-0.25, -0.2) is 4.98 Å². The summed E-state index contributed by atoms with van der Waals surface area (Å²) in [6.45, 7) is 3.13. The molecule has 4 nitrogen and oxygen atoms in total. The number of aryl methyl sites for hydroxylation is 1. The quantitative estimate of drug-likeness (QED) is 0.532. The number of imidazole rings is 1. The van der Waals surface area contributed by atoms with Gasteiger partial charge in [-0.05, 0) is 0 Å². The summed E-state index contributed by atoms with van der Waals surface area (Å²) in [5, 5.41) is 3.29. The molecule has 1 aromatic rings. The molecule has 5 heteroatoms. The molecule has 0 fully saturated rings. The van der Waals surface area contributed by atoms with Crippen LogP contribution in [0.1, 0.15) is 5.82 Å². The van der Waals surface area contributed by atoms with Crippen LogP contribution in [-0.2, 0) is 18.2 Å².